The molecule has 1 atom stereocenters. The van der Waals surface area contributed by atoms with Gasteiger partial charge in [0.25, 0.3) is 0 Å². The normalized spacial score (nSPS) is 15.5. The van der Waals surface area contributed by atoms with Crippen LogP contribution in [-0.2, 0) is 6.54 Å². The highest BCUT2D eigenvalue weighted by Gasteiger charge is 2.30. The number of nitrogens with zero attached hydrogens (tertiary/aromatic N) is 6. The number of hydrogen-bond acceptors (Lipinski definition) is 6. The number of aromatic hydroxyl groups is 1. The van der Waals surface area contributed by atoms with Crippen molar-refractivity contribution >= 4 is 5.69 Å². The lowest BCUT2D eigenvalue weighted by atomic mass is 10.0. The summed E-state index contributed by atoms with van der Waals surface area (Å²) in [6.45, 7) is 3.86. The Labute approximate surface area is 191 Å². The molecular formula is C25H25FN6O. The Morgan fingerprint density at radius 1 is 0.848 bits per heavy atom. The zero-order valence-corrected chi connectivity index (χ0v) is 18.1. The van der Waals surface area contributed by atoms with E-state index in [9.17, 15) is 9.50 Å². The molecule has 1 fully saturated rings. The van der Waals surface area contributed by atoms with E-state index in [2.05, 4.69) is 37.5 Å². The molecule has 1 saturated heterocycles. The van der Waals surface area contributed by atoms with Gasteiger partial charge >= 0.3 is 0 Å². The molecule has 0 saturated carbocycles. The number of phenols is 1. The standard InChI is InChI=1S/C25H25FN6O/c26-21-8-6-19(7-9-21)18-32-25(27-28-29-32)24(20-4-2-1-3-5-20)31-16-14-30(15-17-31)22-10-12-23(33)13-11-22/h1-13,24,33H,14-18H2. The molecule has 1 aliphatic heterocycles. The topological polar surface area (TPSA) is 70.3 Å². The van der Waals surface area contributed by atoms with Crippen molar-refractivity contribution in [2.24, 2.45) is 0 Å². The van der Waals surface area contributed by atoms with Gasteiger partial charge in [0, 0.05) is 31.9 Å². The zero-order valence-electron chi connectivity index (χ0n) is 18.1. The Hall–Kier alpha value is -3.78. The van der Waals surface area contributed by atoms with E-state index in [4.69, 9.17) is 0 Å². The number of benzene rings is 3. The van der Waals surface area contributed by atoms with Crippen LogP contribution in [0.25, 0.3) is 0 Å². The number of rotatable bonds is 6. The first-order valence-electron chi connectivity index (χ1n) is 11.0. The number of aromatic nitrogens is 4. The lowest BCUT2D eigenvalue weighted by Gasteiger charge is -2.40. The molecule has 1 N–H and O–H groups in total. The van der Waals surface area contributed by atoms with E-state index in [-0.39, 0.29) is 17.6 Å². The predicted octanol–water partition coefficient (Wildman–Crippen LogP) is 3.48. The number of piperazine rings is 1. The van der Waals surface area contributed by atoms with Gasteiger partial charge in [0.2, 0.25) is 0 Å². The van der Waals surface area contributed by atoms with Crippen LogP contribution in [0, 0.1) is 5.82 Å². The summed E-state index contributed by atoms with van der Waals surface area (Å²) in [5.41, 5.74) is 3.17. The molecule has 0 aliphatic carbocycles. The van der Waals surface area contributed by atoms with Crippen molar-refractivity contribution in [1.29, 1.82) is 0 Å². The van der Waals surface area contributed by atoms with Crippen molar-refractivity contribution in [3.63, 3.8) is 0 Å². The van der Waals surface area contributed by atoms with E-state index in [1.165, 1.54) is 12.1 Å². The number of anilines is 1. The van der Waals surface area contributed by atoms with Crippen LogP contribution in [0.1, 0.15) is 23.0 Å². The summed E-state index contributed by atoms with van der Waals surface area (Å²) in [7, 11) is 0. The molecule has 4 aromatic rings. The smallest absolute Gasteiger partial charge is 0.173 e. The molecule has 0 bridgehead atoms. The molecule has 1 aliphatic rings. The Morgan fingerprint density at radius 3 is 2.24 bits per heavy atom. The molecule has 8 heteroatoms. The van der Waals surface area contributed by atoms with Gasteiger partial charge in [-0.1, -0.05) is 42.5 Å². The summed E-state index contributed by atoms with van der Waals surface area (Å²) in [6.07, 6.45) is 0. The number of halogens is 1. The van der Waals surface area contributed by atoms with E-state index in [1.807, 2.05) is 30.3 Å². The van der Waals surface area contributed by atoms with Gasteiger partial charge in [-0.25, -0.2) is 9.07 Å². The average molecular weight is 445 g/mol. The third-order valence-corrected chi connectivity index (χ3v) is 6.06. The van der Waals surface area contributed by atoms with Crippen molar-refractivity contribution in [2.75, 3.05) is 31.1 Å². The second kappa shape index (κ2) is 9.38. The van der Waals surface area contributed by atoms with Crippen LogP contribution in [0.4, 0.5) is 10.1 Å². The molecule has 1 unspecified atom stereocenters. The van der Waals surface area contributed by atoms with Gasteiger partial charge < -0.3 is 10.0 Å². The largest absolute Gasteiger partial charge is 0.508 e. The minimum Gasteiger partial charge on any atom is -0.508 e. The molecule has 0 amide bonds. The molecule has 3 aromatic carbocycles. The van der Waals surface area contributed by atoms with Crippen LogP contribution in [0.2, 0.25) is 0 Å². The molecule has 0 radical (unpaired) electrons. The van der Waals surface area contributed by atoms with Gasteiger partial charge in [-0.2, -0.15) is 0 Å². The van der Waals surface area contributed by atoms with E-state index in [0.29, 0.717) is 6.54 Å². The van der Waals surface area contributed by atoms with Crippen LogP contribution >= 0.6 is 0 Å². The minimum atomic E-state index is -0.260. The fourth-order valence-electron chi connectivity index (χ4n) is 4.34. The summed E-state index contributed by atoms with van der Waals surface area (Å²) in [5, 5.41) is 22.2. The highest BCUT2D eigenvalue weighted by atomic mass is 19.1. The van der Waals surface area contributed by atoms with E-state index in [0.717, 1.165) is 48.8 Å². The second-order valence-electron chi connectivity index (χ2n) is 8.17. The molecular weight excluding hydrogens is 419 g/mol. The summed E-state index contributed by atoms with van der Waals surface area (Å²) in [6, 6.07) is 23.9. The molecule has 168 valence electrons. The molecule has 7 nitrogen and oxygen atoms in total. The summed E-state index contributed by atoms with van der Waals surface area (Å²) >= 11 is 0. The predicted molar refractivity (Wildman–Crippen MR) is 123 cm³/mol. The third kappa shape index (κ3) is 4.70. The van der Waals surface area contributed by atoms with Gasteiger partial charge in [0.15, 0.2) is 5.82 Å². The number of hydrogen-bond donors (Lipinski definition) is 1. The molecule has 0 spiro atoms. The van der Waals surface area contributed by atoms with Crippen molar-refractivity contribution in [3.05, 3.63) is 102 Å². The van der Waals surface area contributed by atoms with E-state index < -0.39 is 0 Å². The Bertz CT molecular complexity index is 1170. The molecule has 1 aromatic heterocycles. The molecule has 33 heavy (non-hydrogen) atoms. The van der Waals surface area contributed by atoms with Gasteiger partial charge in [0.05, 0.1) is 12.6 Å². The van der Waals surface area contributed by atoms with Crippen molar-refractivity contribution < 1.29 is 9.50 Å². The van der Waals surface area contributed by atoms with Crippen molar-refractivity contribution in [2.45, 2.75) is 12.6 Å². The quantitative estimate of drug-likeness (QED) is 0.491. The summed E-state index contributed by atoms with van der Waals surface area (Å²) in [5.74, 6) is 0.780. The SMILES string of the molecule is Oc1ccc(N2CCN(C(c3ccccc3)c3nnnn3Cc3ccc(F)cc3)CC2)cc1. The van der Waals surface area contributed by atoms with Crippen molar-refractivity contribution in [3.8, 4) is 5.75 Å². The van der Waals surface area contributed by atoms with Crippen LogP contribution in [-0.4, -0.2) is 56.4 Å². The van der Waals surface area contributed by atoms with Crippen molar-refractivity contribution in [1.82, 2.24) is 25.1 Å². The number of phenolic OH excluding ortho intramolecular Hbond substituents is 1. The third-order valence-electron chi connectivity index (χ3n) is 6.06. The number of tetrazole rings is 1. The zero-order chi connectivity index (χ0) is 22.6. The minimum absolute atomic E-state index is 0.0939. The Morgan fingerprint density at radius 2 is 1.55 bits per heavy atom. The van der Waals surface area contributed by atoms with Crippen LogP contribution in [0.3, 0.4) is 0 Å². The van der Waals surface area contributed by atoms with Crippen LogP contribution in [0.5, 0.6) is 5.75 Å². The second-order valence-corrected chi connectivity index (χ2v) is 8.17. The maximum atomic E-state index is 13.3. The van der Waals surface area contributed by atoms with Gasteiger partial charge in [-0.15, -0.1) is 5.10 Å². The lowest BCUT2D eigenvalue weighted by molar-refractivity contribution is 0.201. The van der Waals surface area contributed by atoms with E-state index >= 15 is 0 Å². The Kier molecular flexibility index (Phi) is 5.99. The van der Waals surface area contributed by atoms with Gasteiger partial charge in [0.1, 0.15) is 11.6 Å². The summed E-state index contributed by atoms with van der Waals surface area (Å²) < 4.78 is 15.1. The monoisotopic (exact) mass is 444 g/mol. The highest BCUT2D eigenvalue weighted by molar-refractivity contribution is 5.49. The van der Waals surface area contributed by atoms with Gasteiger partial charge in [-0.3, -0.25) is 4.90 Å². The fourth-order valence-corrected chi connectivity index (χ4v) is 4.34. The van der Waals surface area contributed by atoms with Crippen LogP contribution in [0.15, 0.2) is 78.9 Å². The average Bonchev–Trinajstić information content (AvgIpc) is 3.30. The lowest BCUT2D eigenvalue weighted by Crippen LogP contribution is -2.48. The Balaban J connectivity index is 1.40. The maximum absolute atomic E-state index is 13.3. The summed E-state index contributed by atoms with van der Waals surface area (Å²) in [4.78, 5) is 4.72. The van der Waals surface area contributed by atoms with Crippen LogP contribution < -0.4 is 4.90 Å². The highest BCUT2D eigenvalue weighted by Crippen LogP contribution is 2.29. The first-order valence-corrected chi connectivity index (χ1v) is 11.0. The first kappa shape index (κ1) is 21.1. The molecule has 2 heterocycles. The maximum Gasteiger partial charge on any atom is 0.173 e. The fraction of sp³-hybridized carbons (Fsp3) is 0.240. The van der Waals surface area contributed by atoms with Gasteiger partial charge in [-0.05, 0) is 58.0 Å². The first-order chi connectivity index (χ1) is 16.2. The van der Waals surface area contributed by atoms with E-state index in [1.54, 1.807) is 28.9 Å². The molecule has 5 rings (SSSR count).